The molecule has 0 spiro atoms. The van der Waals surface area contributed by atoms with Crippen molar-refractivity contribution in [3.8, 4) is 5.75 Å². The second-order valence-corrected chi connectivity index (χ2v) is 9.70. The smallest absolute Gasteiger partial charge is 0.223 e. The molecule has 1 fully saturated rings. The Labute approximate surface area is 180 Å². The number of amides is 1. The second-order valence-electron chi connectivity index (χ2n) is 9.70. The van der Waals surface area contributed by atoms with Crippen molar-refractivity contribution in [2.45, 2.75) is 65.1 Å². The van der Waals surface area contributed by atoms with Gasteiger partial charge in [0.05, 0.1) is 6.04 Å². The summed E-state index contributed by atoms with van der Waals surface area (Å²) in [5.41, 5.74) is 4.67. The van der Waals surface area contributed by atoms with Crippen LogP contribution >= 0.6 is 0 Å². The van der Waals surface area contributed by atoms with Gasteiger partial charge in [-0.2, -0.15) is 0 Å². The van der Waals surface area contributed by atoms with Crippen LogP contribution in [0.2, 0.25) is 0 Å². The normalized spacial score (nSPS) is 21.5. The monoisotopic (exact) mass is 406 g/mol. The summed E-state index contributed by atoms with van der Waals surface area (Å²) in [7, 11) is 0. The van der Waals surface area contributed by atoms with Gasteiger partial charge in [-0.25, -0.2) is 0 Å². The van der Waals surface area contributed by atoms with E-state index in [2.05, 4.69) is 74.3 Å². The summed E-state index contributed by atoms with van der Waals surface area (Å²) in [4.78, 5) is 15.6. The van der Waals surface area contributed by atoms with E-state index < -0.39 is 0 Å². The van der Waals surface area contributed by atoms with Crippen molar-refractivity contribution in [3.63, 3.8) is 0 Å². The minimum Gasteiger partial charge on any atom is -0.487 e. The molecule has 2 aromatic carbocycles. The number of likely N-dealkylation sites (tertiary alicyclic amines) is 1. The molecule has 2 aromatic rings. The summed E-state index contributed by atoms with van der Waals surface area (Å²) in [6.45, 7) is 11.3. The summed E-state index contributed by atoms with van der Waals surface area (Å²) in [5.74, 6) is 1.19. The fraction of sp³-hybridized carbons (Fsp3) is 0.500. The SMILES string of the molecule is Cc1ccc(CN2CCC(C(=O)N[C@H]3CC(C)(C)Oc4ccc(C)cc43)CC2)cc1. The van der Waals surface area contributed by atoms with E-state index in [4.69, 9.17) is 4.74 Å². The zero-order chi connectivity index (χ0) is 21.3. The highest BCUT2D eigenvalue weighted by molar-refractivity contribution is 5.79. The molecule has 4 rings (SSSR count). The van der Waals surface area contributed by atoms with Crippen molar-refractivity contribution in [1.82, 2.24) is 10.2 Å². The molecular weight excluding hydrogens is 372 g/mol. The third-order valence-electron chi connectivity index (χ3n) is 6.42. The van der Waals surface area contributed by atoms with Crippen LogP contribution in [0.1, 0.15) is 61.4 Å². The first-order valence-corrected chi connectivity index (χ1v) is 11.2. The van der Waals surface area contributed by atoms with Gasteiger partial charge in [-0.15, -0.1) is 0 Å². The molecule has 0 saturated carbocycles. The first-order valence-electron chi connectivity index (χ1n) is 11.2. The number of rotatable bonds is 4. The van der Waals surface area contributed by atoms with Gasteiger partial charge >= 0.3 is 0 Å². The van der Waals surface area contributed by atoms with E-state index in [1.165, 1.54) is 16.7 Å². The van der Waals surface area contributed by atoms with Gasteiger partial charge in [0.2, 0.25) is 5.91 Å². The Morgan fingerprint density at radius 2 is 1.73 bits per heavy atom. The maximum atomic E-state index is 13.1. The first kappa shape index (κ1) is 20.9. The van der Waals surface area contributed by atoms with Gasteiger partial charge in [-0.05, 0) is 65.3 Å². The van der Waals surface area contributed by atoms with E-state index in [1.54, 1.807) is 0 Å². The topological polar surface area (TPSA) is 41.6 Å². The minimum absolute atomic E-state index is 0.0155. The Balaban J connectivity index is 1.36. The van der Waals surface area contributed by atoms with Crippen molar-refractivity contribution in [1.29, 1.82) is 0 Å². The summed E-state index contributed by atoms with van der Waals surface area (Å²) in [6.07, 6.45) is 2.64. The average Bonchev–Trinajstić information content (AvgIpc) is 2.70. The number of hydrogen-bond acceptors (Lipinski definition) is 3. The molecule has 4 heteroatoms. The third-order valence-corrected chi connectivity index (χ3v) is 6.42. The van der Waals surface area contributed by atoms with Crippen molar-refractivity contribution < 1.29 is 9.53 Å². The predicted molar refractivity (Wildman–Crippen MR) is 121 cm³/mol. The molecule has 2 heterocycles. The standard InChI is InChI=1S/C26H34N2O2/c1-18-5-8-20(9-6-18)17-28-13-11-21(12-14-28)25(29)27-23-16-26(3,4)30-24-10-7-19(2)15-22(23)24/h5-10,15,21,23H,11-14,16-17H2,1-4H3,(H,27,29)/t23-/m0/s1. The van der Waals surface area contributed by atoms with E-state index in [1.807, 2.05) is 6.07 Å². The maximum absolute atomic E-state index is 13.1. The third kappa shape index (κ3) is 4.86. The lowest BCUT2D eigenvalue weighted by Crippen LogP contribution is -2.45. The van der Waals surface area contributed by atoms with Crippen molar-refractivity contribution in [2.75, 3.05) is 13.1 Å². The van der Waals surface area contributed by atoms with E-state index >= 15 is 0 Å². The maximum Gasteiger partial charge on any atom is 0.223 e. The van der Waals surface area contributed by atoms with Crippen LogP contribution in [0.25, 0.3) is 0 Å². The number of aryl methyl sites for hydroxylation is 2. The molecule has 0 bridgehead atoms. The van der Waals surface area contributed by atoms with Gasteiger partial charge in [0, 0.05) is 24.4 Å². The quantitative estimate of drug-likeness (QED) is 0.782. The highest BCUT2D eigenvalue weighted by Crippen LogP contribution is 2.40. The first-order chi connectivity index (χ1) is 14.3. The van der Waals surface area contributed by atoms with Gasteiger partial charge in [-0.3, -0.25) is 9.69 Å². The number of benzene rings is 2. The Bertz CT molecular complexity index is 896. The average molecular weight is 407 g/mol. The van der Waals surface area contributed by atoms with Crippen molar-refractivity contribution in [2.24, 2.45) is 5.92 Å². The fourth-order valence-corrected chi connectivity index (χ4v) is 4.70. The molecule has 1 atom stereocenters. The molecule has 1 N–H and O–H groups in total. The molecule has 0 aliphatic carbocycles. The number of piperidine rings is 1. The van der Waals surface area contributed by atoms with Crippen LogP contribution in [0.3, 0.4) is 0 Å². The number of carbonyl (C=O) groups excluding carboxylic acids is 1. The molecule has 160 valence electrons. The van der Waals surface area contributed by atoms with Gasteiger partial charge in [0.25, 0.3) is 0 Å². The second kappa shape index (κ2) is 8.43. The largest absolute Gasteiger partial charge is 0.487 e. The molecule has 2 aliphatic rings. The Hall–Kier alpha value is -2.33. The Kier molecular flexibility index (Phi) is 5.88. The Morgan fingerprint density at radius 1 is 1.07 bits per heavy atom. The summed E-state index contributed by atoms with van der Waals surface area (Å²) >= 11 is 0. The van der Waals surface area contributed by atoms with Crippen molar-refractivity contribution in [3.05, 3.63) is 64.7 Å². The molecular formula is C26H34N2O2. The number of nitrogens with one attached hydrogen (secondary N) is 1. The molecule has 4 nitrogen and oxygen atoms in total. The lowest BCUT2D eigenvalue weighted by molar-refractivity contribution is -0.127. The van der Waals surface area contributed by atoms with Crippen LogP contribution in [0.5, 0.6) is 5.75 Å². The van der Waals surface area contributed by atoms with Crippen molar-refractivity contribution >= 4 is 5.91 Å². The summed E-state index contributed by atoms with van der Waals surface area (Å²) in [5, 5.41) is 3.36. The number of nitrogens with zero attached hydrogens (tertiary/aromatic N) is 1. The zero-order valence-corrected chi connectivity index (χ0v) is 18.7. The number of hydrogen-bond donors (Lipinski definition) is 1. The highest BCUT2D eigenvalue weighted by atomic mass is 16.5. The molecule has 30 heavy (non-hydrogen) atoms. The molecule has 0 radical (unpaired) electrons. The van der Waals surface area contributed by atoms with Gasteiger partial charge in [0.15, 0.2) is 0 Å². The van der Waals surface area contributed by atoms with Crippen LogP contribution in [0, 0.1) is 19.8 Å². The number of ether oxygens (including phenoxy) is 1. The Morgan fingerprint density at radius 3 is 2.43 bits per heavy atom. The van der Waals surface area contributed by atoms with E-state index in [9.17, 15) is 4.79 Å². The highest BCUT2D eigenvalue weighted by Gasteiger charge is 2.36. The molecule has 0 unspecified atom stereocenters. The lowest BCUT2D eigenvalue weighted by atomic mass is 9.88. The number of fused-ring (bicyclic) bond motifs is 1. The summed E-state index contributed by atoms with van der Waals surface area (Å²) in [6, 6.07) is 15.0. The fourth-order valence-electron chi connectivity index (χ4n) is 4.70. The predicted octanol–water partition coefficient (Wildman–Crippen LogP) is 4.93. The molecule has 2 aliphatic heterocycles. The van der Waals surface area contributed by atoms with Crippen LogP contribution in [-0.2, 0) is 11.3 Å². The van der Waals surface area contributed by atoms with Crippen LogP contribution in [0.4, 0.5) is 0 Å². The molecule has 0 aromatic heterocycles. The van der Waals surface area contributed by atoms with Gasteiger partial charge in [0.1, 0.15) is 11.4 Å². The van der Waals surface area contributed by atoms with Crippen LogP contribution in [0.15, 0.2) is 42.5 Å². The van der Waals surface area contributed by atoms with Crippen LogP contribution < -0.4 is 10.1 Å². The van der Waals surface area contributed by atoms with Crippen LogP contribution in [-0.4, -0.2) is 29.5 Å². The van der Waals surface area contributed by atoms with E-state index in [-0.39, 0.29) is 23.5 Å². The molecule has 1 saturated heterocycles. The zero-order valence-electron chi connectivity index (χ0n) is 18.7. The van der Waals surface area contributed by atoms with E-state index in [0.717, 1.165) is 50.2 Å². The van der Waals surface area contributed by atoms with Gasteiger partial charge in [-0.1, -0.05) is 47.5 Å². The lowest BCUT2D eigenvalue weighted by Gasteiger charge is -2.39. The number of carbonyl (C=O) groups is 1. The molecule has 1 amide bonds. The minimum atomic E-state index is -0.280. The van der Waals surface area contributed by atoms with Gasteiger partial charge < -0.3 is 10.1 Å². The van der Waals surface area contributed by atoms with E-state index in [0.29, 0.717) is 0 Å². The summed E-state index contributed by atoms with van der Waals surface area (Å²) < 4.78 is 6.15.